The summed E-state index contributed by atoms with van der Waals surface area (Å²) in [5.74, 6) is -0.749. The lowest BCUT2D eigenvalue weighted by Crippen LogP contribution is -2.47. The van der Waals surface area contributed by atoms with Gasteiger partial charge in [-0.2, -0.15) is 5.10 Å². The second kappa shape index (κ2) is 12.0. The van der Waals surface area contributed by atoms with E-state index in [2.05, 4.69) is 10.1 Å². The van der Waals surface area contributed by atoms with E-state index in [1.165, 1.54) is 6.33 Å². The van der Waals surface area contributed by atoms with E-state index in [-0.39, 0.29) is 12.7 Å². The second-order valence-electron chi connectivity index (χ2n) is 9.89. The predicted octanol–water partition coefficient (Wildman–Crippen LogP) is 5.49. The van der Waals surface area contributed by atoms with E-state index in [1.54, 1.807) is 4.52 Å². The highest BCUT2D eigenvalue weighted by atomic mass is 16.7. The van der Waals surface area contributed by atoms with Gasteiger partial charge in [-0.1, -0.05) is 91.0 Å². The first-order valence-electron chi connectivity index (χ1n) is 13.4. The number of nitrogen functional groups attached to an aromatic ring is 1. The molecule has 0 spiro atoms. The van der Waals surface area contributed by atoms with Crippen LogP contribution < -0.4 is 5.73 Å². The number of nitrogens with two attached hydrogens (primary N) is 1. The van der Waals surface area contributed by atoms with Crippen LogP contribution in [0.5, 0.6) is 0 Å². The molecule has 0 radical (unpaired) electrons. The fourth-order valence-electron chi connectivity index (χ4n) is 5.06. The summed E-state index contributed by atoms with van der Waals surface area (Å²) in [6.07, 6.45) is 1.22. The highest BCUT2D eigenvalue weighted by molar-refractivity contribution is 5.65. The van der Waals surface area contributed by atoms with Gasteiger partial charge in [-0.3, -0.25) is 0 Å². The van der Waals surface area contributed by atoms with Gasteiger partial charge in [-0.25, -0.2) is 9.50 Å². The molecule has 3 atom stereocenters. The van der Waals surface area contributed by atoms with Crippen molar-refractivity contribution >= 4 is 11.3 Å². The van der Waals surface area contributed by atoms with E-state index in [0.29, 0.717) is 32.1 Å². The Hall–Kier alpha value is -4.08. The van der Waals surface area contributed by atoms with E-state index in [0.717, 1.165) is 27.9 Å². The lowest BCUT2D eigenvalue weighted by atomic mass is 10.1. The number of hydrogen-bond donors (Lipinski definition) is 1. The van der Waals surface area contributed by atoms with Crippen molar-refractivity contribution in [1.29, 1.82) is 0 Å². The minimum Gasteiger partial charge on any atom is -0.382 e. The Kier molecular flexibility index (Phi) is 7.83. The maximum absolute atomic E-state index is 6.81. The fourth-order valence-corrected chi connectivity index (χ4v) is 5.06. The van der Waals surface area contributed by atoms with Gasteiger partial charge in [0, 0.05) is 6.42 Å². The van der Waals surface area contributed by atoms with Crippen molar-refractivity contribution in [2.24, 2.45) is 0 Å². The smallest absolute Gasteiger partial charge is 0.220 e. The first-order chi connectivity index (χ1) is 19.7. The van der Waals surface area contributed by atoms with Crippen LogP contribution in [0.3, 0.4) is 0 Å². The highest BCUT2D eigenvalue weighted by Gasteiger charge is 2.52. The number of ether oxygens (including phenoxy) is 4. The zero-order valence-corrected chi connectivity index (χ0v) is 22.1. The number of rotatable bonds is 11. The van der Waals surface area contributed by atoms with E-state index in [9.17, 15) is 0 Å². The molecule has 1 aliphatic heterocycles. The normalized spacial score (nSPS) is 20.7. The minimum absolute atomic E-state index is 0.186. The highest BCUT2D eigenvalue weighted by Crippen LogP contribution is 2.44. The zero-order valence-electron chi connectivity index (χ0n) is 22.1. The Labute approximate surface area is 233 Å². The topological polar surface area (TPSA) is 93.1 Å². The summed E-state index contributed by atoms with van der Waals surface area (Å²) in [5.41, 5.74) is 10.9. The molecule has 1 aliphatic rings. The van der Waals surface area contributed by atoms with Gasteiger partial charge in [0.25, 0.3) is 0 Å². The third-order valence-electron chi connectivity index (χ3n) is 7.14. The average Bonchev–Trinajstić information content (AvgIpc) is 3.59. The first-order valence-corrected chi connectivity index (χ1v) is 13.4. The van der Waals surface area contributed by atoms with Crippen LogP contribution >= 0.6 is 0 Å². The molecule has 3 heterocycles. The van der Waals surface area contributed by atoms with Gasteiger partial charge in [-0.05, 0) is 28.8 Å². The molecule has 0 bridgehead atoms. The van der Waals surface area contributed by atoms with Crippen molar-refractivity contribution in [3.63, 3.8) is 0 Å². The monoisotopic (exact) mass is 536 g/mol. The summed E-state index contributed by atoms with van der Waals surface area (Å²) >= 11 is 0. The van der Waals surface area contributed by atoms with E-state index >= 15 is 0 Å². The second-order valence-corrected chi connectivity index (χ2v) is 9.89. The fraction of sp³-hybridized carbons (Fsp3) is 0.250. The number of aromatic nitrogens is 3. The van der Waals surface area contributed by atoms with Crippen LogP contribution in [0.4, 0.5) is 5.82 Å². The van der Waals surface area contributed by atoms with E-state index < -0.39 is 11.9 Å². The molecule has 204 valence electrons. The molecule has 40 heavy (non-hydrogen) atoms. The maximum Gasteiger partial charge on any atom is 0.220 e. The summed E-state index contributed by atoms with van der Waals surface area (Å²) in [6.45, 7) is 1.37. The van der Waals surface area contributed by atoms with Gasteiger partial charge in [0.1, 0.15) is 30.7 Å². The molecule has 0 saturated carbocycles. The van der Waals surface area contributed by atoms with Gasteiger partial charge >= 0.3 is 0 Å². The number of anilines is 1. The Balaban J connectivity index is 1.31. The Morgan fingerprint density at radius 2 is 1.43 bits per heavy atom. The summed E-state index contributed by atoms with van der Waals surface area (Å²) < 4.78 is 28.1. The molecule has 3 aromatic carbocycles. The van der Waals surface area contributed by atoms with Crippen LogP contribution in [0.15, 0.2) is 109 Å². The third-order valence-corrected chi connectivity index (χ3v) is 7.14. The molecule has 5 aromatic rings. The molecule has 0 amide bonds. The van der Waals surface area contributed by atoms with Crippen molar-refractivity contribution in [3.05, 3.63) is 132 Å². The van der Waals surface area contributed by atoms with Gasteiger partial charge in [0.2, 0.25) is 5.79 Å². The van der Waals surface area contributed by atoms with Crippen LogP contribution in [0.1, 0.15) is 34.9 Å². The SMILES string of the molecule is Nc1ncnn2c([C@H]3C[C@H](OCc4ccccc4)[C@](COCc4ccccc4)(OCc4ccccc4)O3)ccc12. The lowest BCUT2D eigenvalue weighted by Gasteiger charge is -2.34. The van der Waals surface area contributed by atoms with Gasteiger partial charge in [0.15, 0.2) is 5.82 Å². The Morgan fingerprint density at radius 1 is 0.800 bits per heavy atom. The van der Waals surface area contributed by atoms with Crippen LogP contribution in [-0.2, 0) is 38.8 Å². The molecule has 6 rings (SSSR count). The summed E-state index contributed by atoms with van der Waals surface area (Å²) in [6, 6.07) is 34.1. The molecular weight excluding hydrogens is 504 g/mol. The van der Waals surface area contributed by atoms with Crippen LogP contribution in [0, 0.1) is 0 Å². The molecule has 1 fully saturated rings. The molecule has 2 aromatic heterocycles. The Morgan fingerprint density at radius 3 is 2.10 bits per heavy atom. The summed E-state index contributed by atoms with van der Waals surface area (Å²) in [4.78, 5) is 4.12. The number of fused-ring (bicyclic) bond motifs is 1. The number of hydrogen-bond acceptors (Lipinski definition) is 7. The van der Waals surface area contributed by atoms with Crippen LogP contribution in [0.2, 0.25) is 0 Å². The van der Waals surface area contributed by atoms with Crippen LogP contribution in [-0.4, -0.2) is 33.1 Å². The van der Waals surface area contributed by atoms with Gasteiger partial charge in [-0.15, -0.1) is 0 Å². The summed E-state index contributed by atoms with van der Waals surface area (Å²) in [5, 5.41) is 4.44. The Bertz CT molecular complexity index is 1510. The molecule has 0 aliphatic carbocycles. The first kappa shape index (κ1) is 26.2. The van der Waals surface area contributed by atoms with Crippen molar-refractivity contribution in [2.45, 2.75) is 44.2 Å². The summed E-state index contributed by atoms with van der Waals surface area (Å²) in [7, 11) is 0. The van der Waals surface area contributed by atoms with E-state index in [1.807, 2.05) is 103 Å². The zero-order chi connectivity index (χ0) is 27.2. The van der Waals surface area contributed by atoms with Crippen molar-refractivity contribution in [2.75, 3.05) is 12.3 Å². The molecule has 8 nitrogen and oxygen atoms in total. The van der Waals surface area contributed by atoms with Crippen molar-refractivity contribution in [3.8, 4) is 0 Å². The van der Waals surface area contributed by atoms with Crippen molar-refractivity contribution < 1.29 is 18.9 Å². The molecule has 0 unspecified atom stereocenters. The minimum atomic E-state index is -1.16. The average molecular weight is 537 g/mol. The quantitative estimate of drug-likeness (QED) is 0.239. The van der Waals surface area contributed by atoms with Crippen LogP contribution in [0.25, 0.3) is 5.52 Å². The largest absolute Gasteiger partial charge is 0.382 e. The molecule has 1 saturated heterocycles. The third kappa shape index (κ3) is 5.76. The standard InChI is InChI=1S/C32H32N4O4/c33-31-28-17-16-27(36(28)35-23-34-31)29-18-30(38-20-25-12-6-2-7-13-25)32(40-29,39-21-26-14-8-3-9-15-26)22-37-19-24-10-4-1-5-11-24/h1-17,23,29-30H,18-22H2,(H2,33,34,35)/t29-,30+,32-/m1/s1. The predicted molar refractivity (Wildman–Crippen MR) is 151 cm³/mol. The molecular formula is C32H32N4O4. The lowest BCUT2D eigenvalue weighted by molar-refractivity contribution is -0.295. The van der Waals surface area contributed by atoms with Gasteiger partial charge < -0.3 is 24.7 Å². The molecule has 2 N–H and O–H groups in total. The van der Waals surface area contributed by atoms with Crippen molar-refractivity contribution in [1.82, 2.24) is 14.6 Å². The van der Waals surface area contributed by atoms with Gasteiger partial charge in [0.05, 0.1) is 25.5 Å². The van der Waals surface area contributed by atoms with E-state index in [4.69, 9.17) is 24.7 Å². The molecule has 8 heteroatoms. The number of benzene rings is 3. The number of nitrogens with zero attached hydrogens (tertiary/aromatic N) is 3. The maximum atomic E-state index is 6.81.